The number of benzene rings is 1. The van der Waals surface area contributed by atoms with Gasteiger partial charge in [-0.05, 0) is 37.0 Å². The topological polar surface area (TPSA) is 47.3 Å². The van der Waals surface area contributed by atoms with Crippen molar-refractivity contribution in [3.05, 3.63) is 33.8 Å². The van der Waals surface area contributed by atoms with E-state index >= 15 is 0 Å². The summed E-state index contributed by atoms with van der Waals surface area (Å²) in [6, 6.07) is 5.47. The average molecular weight is 305 g/mol. The monoisotopic (exact) mass is 304 g/mol. The van der Waals surface area contributed by atoms with Crippen LogP contribution in [-0.4, -0.2) is 18.8 Å². The zero-order valence-corrected chi connectivity index (χ0v) is 13.1. The van der Waals surface area contributed by atoms with Crippen LogP contribution in [0.2, 0.25) is 10.0 Å². The molecule has 0 heterocycles. The van der Waals surface area contributed by atoms with Crippen molar-refractivity contribution in [1.82, 2.24) is 5.43 Å². The second-order valence-electron chi connectivity index (χ2n) is 4.84. The van der Waals surface area contributed by atoms with Gasteiger partial charge in [-0.15, -0.1) is 0 Å². The minimum atomic E-state index is -0.0302. The lowest BCUT2D eigenvalue weighted by Gasteiger charge is -2.30. The van der Waals surface area contributed by atoms with E-state index < -0.39 is 0 Å². The van der Waals surface area contributed by atoms with Gasteiger partial charge >= 0.3 is 0 Å². The molecule has 0 amide bonds. The molecule has 0 aliphatic heterocycles. The first-order valence-corrected chi connectivity index (χ1v) is 7.27. The molecule has 5 heteroatoms. The molecular weight excluding hydrogens is 283 g/mol. The molecule has 1 aromatic rings. The van der Waals surface area contributed by atoms with Crippen molar-refractivity contribution in [2.24, 2.45) is 11.8 Å². The third-order valence-corrected chi connectivity index (χ3v) is 3.82. The van der Waals surface area contributed by atoms with Crippen LogP contribution < -0.4 is 11.3 Å². The Morgan fingerprint density at radius 2 is 1.84 bits per heavy atom. The Hall–Kier alpha value is -0.320. The van der Waals surface area contributed by atoms with Crippen molar-refractivity contribution >= 4 is 23.2 Å². The molecule has 19 heavy (non-hydrogen) atoms. The molecule has 3 N–H and O–H groups in total. The zero-order chi connectivity index (χ0) is 14.4. The van der Waals surface area contributed by atoms with Gasteiger partial charge < -0.3 is 4.74 Å². The van der Waals surface area contributed by atoms with Crippen LogP contribution in [0.25, 0.3) is 0 Å². The van der Waals surface area contributed by atoms with E-state index in [1.807, 2.05) is 25.1 Å². The van der Waals surface area contributed by atoms with E-state index in [1.54, 1.807) is 0 Å². The molecule has 1 aromatic carbocycles. The average Bonchev–Trinajstić information content (AvgIpc) is 2.36. The molecule has 0 saturated heterocycles. The number of hydrogen-bond donors (Lipinski definition) is 2. The number of ether oxygens (including phenoxy) is 1. The molecule has 2 atom stereocenters. The van der Waals surface area contributed by atoms with Crippen molar-refractivity contribution in [2.75, 3.05) is 6.61 Å². The van der Waals surface area contributed by atoms with Crippen LogP contribution in [-0.2, 0) is 11.2 Å². The summed E-state index contributed by atoms with van der Waals surface area (Å²) in [6.07, 6.45) is 0.653. The highest BCUT2D eigenvalue weighted by molar-refractivity contribution is 6.36. The standard InChI is InChI=1S/C14H22Cl2N2O/c1-4-19-14(9(2)3)13(18-17)8-10-11(15)6-5-7-12(10)16/h5-7,9,13-14,18H,4,8,17H2,1-3H3. The summed E-state index contributed by atoms with van der Waals surface area (Å²) in [7, 11) is 0. The van der Waals surface area contributed by atoms with Gasteiger partial charge in [0.15, 0.2) is 0 Å². The van der Waals surface area contributed by atoms with E-state index in [9.17, 15) is 0 Å². The Kier molecular flexibility index (Phi) is 7.11. The van der Waals surface area contributed by atoms with Crippen LogP contribution in [0.3, 0.4) is 0 Å². The van der Waals surface area contributed by atoms with Gasteiger partial charge in [-0.1, -0.05) is 43.1 Å². The van der Waals surface area contributed by atoms with E-state index in [2.05, 4.69) is 19.3 Å². The van der Waals surface area contributed by atoms with Gasteiger partial charge in [0.1, 0.15) is 0 Å². The van der Waals surface area contributed by atoms with Gasteiger partial charge in [0.2, 0.25) is 0 Å². The molecule has 3 nitrogen and oxygen atoms in total. The third-order valence-electron chi connectivity index (χ3n) is 3.11. The lowest BCUT2D eigenvalue weighted by Crippen LogP contribution is -2.49. The lowest BCUT2D eigenvalue weighted by molar-refractivity contribution is 0.00357. The second kappa shape index (κ2) is 8.08. The summed E-state index contributed by atoms with van der Waals surface area (Å²) in [5.41, 5.74) is 3.73. The zero-order valence-electron chi connectivity index (χ0n) is 11.6. The molecular formula is C14H22Cl2N2O. The summed E-state index contributed by atoms with van der Waals surface area (Å²) in [5, 5.41) is 1.32. The minimum Gasteiger partial charge on any atom is -0.377 e. The van der Waals surface area contributed by atoms with E-state index in [0.29, 0.717) is 29.0 Å². The highest BCUT2D eigenvalue weighted by Gasteiger charge is 2.25. The molecule has 0 aliphatic rings. The van der Waals surface area contributed by atoms with Gasteiger partial charge in [-0.2, -0.15) is 0 Å². The number of nitrogens with one attached hydrogen (secondary N) is 1. The van der Waals surface area contributed by atoms with E-state index in [1.165, 1.54) is 0 Å². The van der Waals surface area contributed by atoms with Gasteiger partial charge in [-0.25, -0.2) is 0 Å². The number of hydrogen-bond acceptors (Lipinski definition) is 3. The third kappa shape index (κ3) is 4.62. The maximum Gasteiger partial charge on any atom is 0.0767 e. The van der Waals surface area contributed by atoms with E-state index in [0.717, 1.165) is 5.56 Å². The lowest BCUT2D eigenvalue weighted by atomic mass is 9.94. The number of nitrogens with two attached hydrogens (primary N) is 1. The Bertz CT molecular complexity index is 379. The Morgan fingerprint density at radius 3 is 2.26 bits per heavy atom. The van der Waals surface area contributed by atoms with Gasteiger partial charge in [-0.3, -0.25) is 11.3 Å². The Balaban J connectivity index is 2.91. The normalized spacial score (nSPS) is 14.7. The first-order valence-electron chi connectivity index (χ1n) is 6.51. The van der Waals surface area contributed by atoms with Crippen LogP contribution in [0.4, 0.5) is 0 Å². The summed E-state index contributed by atoms with van der Waals surface area (Å²) in [6.45, 7) is 6.85. The quantitative estimate of drug-likeness (QED) is 0.599. The summed E-state index contributed by atoms with van der Waals surface area (Å²) >= 11 is 12.4. The molecule has 0 aliphatic carbocycles. The van der Waals surface area contributed by atoms with Crippen molar-refractivity contribution in [2.45, 2.75) is 39.3 Å². The molecule has 0 aromatic heterocycles. The predicted molar refractivity (Wildman–Crippen MR) is 81.5 cm³/mol. The van der Waals surface area contributed by atoms with Gasteiger partial charge in [0, 0.05) is 16.7 Å². The second-order valence-corrected chi connectivity index (χ2v) is 5.66. The Labute approximate surface area is 125 Å². The minimum absolute atomic E-state index is 0.0161. The van der Waals surface area contributed by atoms with Crippen LogP contribution in [0.1, 0.15) is 26.3 Å². The maximum absolute atomic E-state index is 6.20. The fourth-order valence-corrected chi connectivity index (χ4v) is 2.73. The van der Waals surface area contributed by atoms with Crippen LogP contribution in [0.15, 0.2) is 18.2 Å². The maximum atomic E-state index is 6.20. The largest absolute Gasteiger partial charge is 0.377 e. The fourth-order valence-electron chi connectivity index (χ4n) is 2.18. The van der Waals surface area contributed by atoms with Crippen molar-refractivity contribution in [3.8, 4) is 0 Å². The summed E-state index contributed by atoms with van der Waals surface area (Å²) in [5.74, 6) is 6.02. The SMILES string of the molecule is CCOC(C(C)C)C(Cc1c(Cl)cccc1Cl)NN. The van der Waals surface area contributed by atoms with Crippen LogP contribution in [0.5, 0.6) is 0 Å². The molecule has 1 rings (SSSR count). The highest BCUT2D eigenvalue weighted by atomic mass is 35.5. The number of rotatable bonds is 7. The first kappa shape index (κ1) is 16.7. The molecule has 0 fully saturated rings. The smallest absolute Gasteiger partial charge is 0.0767 e. The van der Waals surface area contributed by atoms with Gasteiger partial charge in [0.25, 0.3) is 0 Å². The first-order chi connectivity index (χ1) is 9.01. The van der Waals surface area contributed by atoms with Crippen LogP contribution in [0, 0.1) is 5.92 Å². The number of halogens is 2. The van der Waals surface area contributed by atoms with Crippen molar-refractivity contribution in [3.63, 3.8) is 0 Å². The summed E-state index contributed by atoms with van der Waals surface area (Å²) < 4.78 is 5.78. The molecule has 2 unspecified atom stereocenters. The van der Waals surface area contributed by atoms with E-state index in [4.69, 9.17) is 33.8 Å². The molecule has 108 valence electrons. The predicted octanol–water partition coefficient (Wildman–Crippen LogP) is 3.43. The molecule has 0 spiro atoms. The molecule has 0 saturated carbocycles. The Morgan fingerprint density at radius 1 is 1.26 bits per heavy atom. The highest BCUT2D eigenvalue weighted by Crippen LogP contribution is 2.27. The van der Waals surface area contributed by atoms with Crippen LogP contribution >= 0.6 is 23.2 Å². The molecule has 0 radical (unpaired) electrons. The fraction of sp³-hybridized carbons (Fsp3) is 0.571. The number of hydrazine groups is 1. The van der Waals surface area contributed by atoms with Crippen molar-refractivity contribution in [1.29, 1.82) is 0 Å². The van der Waals surface area contributed by atoms with Crippen molar-refractivity contribution < 1.29 is 4.74 Å². The summed E-state index contributed by atoms with van der Waals surface area (Å²) in [4.78, 5) is 0. The van der Waals surface area contributed by atoms with E-state index in [-0.39, 0.29) is 12.1 Å². The van der Waals surface area contributed by atoms with Gasteiger partial charge in [0.05, 0.1) is 12.1 Å². The molecule has 0 bridgehead atoms.